The first-order valence-electron chi connectivity index (χ1n) is 10.8. The van der Waals surface area contributed by atoms with E-state index >= 15 is 0 Å². The van der Waals surface area contributed by atoms with Gasteiger partial charge in [0.1, 0.15) is 0 Å². The van der Waals surface area contributed by atoms with Crippen molar-refractivity contribution in [2.75, 3.05) is 13.6 Å². The van der Waals surface area contributed by atoms with E-state index in [9.17, 15) is 14.4 Å². The van der Waals surface area contributed by atoms with Gasteiger partial charge in [0.15, 0.2) is 0 Å². The number of hydrogen-bond donors (Lipinski definition) is 2. The predicted molar refractivity (Wildman–Crippen MR) is 121 cm³/mol. The highest BCUT2D eigenvalue weighted by Gasteiger charge is 2.30. The Morgan fingerprint density at radius 2 is 1.84 bits per heavy atom. The predicted octanol–water partition coefficient (Wildman–Crippen LogP) is 2.99. The van der Waals surface area contributed by atoms with Crippen LogP contribution in [0.3, 0.4) is 0 Å². The molecule has 1 fully saturated rings. The van der Waals surface area contributed by atoms with Crippen LogP contribution in [0.1, 0.15) is 34.5 Å². The SMILES string of the molecule is CN(CCCc1cc(-c2ccccc2)n[nH]1)C(=O)c1ccc(CC2CC(=O)NC2=O)cc1. The Morgan fingerprint density at radius 1 is 1.09 bits per heavy atom. The molecule has 1 aliphatic heterocycles. The highest BCUT2D eigenvalue weighted by molar-refractivity contribution is 6.03. The molecule has 0 aliphatic carbocycles. The minimum atomic E-state index is -0.323. The lowest BCUT2D eigenvalue weighted by molar-refractivity contribution is -0.125. The maximum atomic E-state index is 12.7. The van der Waals surface area contributed by atoms with Gasteiger partial charge < -0.3 is 4.90 Å². The van der Waals surface area contributed by atoms with E-state index < -0.39 is 0 Å². The molecule has 7 heteroatoms. The molecular formula is C25H26N4O3. The second-order valence-corrected chi connectivity index (χ2v) is 8.19. The summed E-state index contributed by atoms with van der Waals surface area (Å²) < 4.78 is 0. The number of carbonyl (C=O) groups is 3. The van der Waals surface area contributed by atoms with Crippen LogP contribution in [0.4, 0.5) is 0 Å². The summed E-state index contributed by atoms with van der Waals surface area (Å²) in [6.07, 6.45) is 2.35. The first-order chi connectivity index (χ1) is 15.5. The number of benzene rings is 2. The molecule has 0 bridgehead atoms. The zero-order chi connectivity index (χ0) is 22.5. The lowest BCUT2D eigenvalue weighted by Crippen LogP contribution is -2.28. The smallest absolute Gasteiger partial charge is 0.253 e. The van der Waals surface area contributed by atoms with Crippen LogP contribution in [-0.2, 0) is 22.4 Å². The van der Waals surface area contributed by atoms with E-state index in [4.69, 9.17) is 0 Å². The Labute approximate surface area is 186 Å². The van der Waals surface area contributed by atoms with Gasteiger partial charge in [-0.3, -0.25) is 24.8 Å². The number of imide groups is 1. The van der Waals surface area contributed by atoms with Gasteiger partial charge in [0.25, 0.3) is 5.91 Å². The van der Waals surface area contributed by atoms with Crippen molar-refractivity contribution < 1.29 is 14.4 Å². The van der Waals surface area contributed by atoms with Gasteiger partial charge >= 0.3 is 0 Å². The Kier molecular flexibility index (Phi) is 6.44. The number of nitrogens with zero attached hydrogens (tertiary/aromatic N) is 2. The van der Waals surface area contributed by atoms with Crippen molar-refractivity contribution in [2.24, 2.45) is 5.92 Å². The highest BCUT2D eigenvalue weighted by atomic mass is 16.2. The van der Waals surface area contributed by atoms with E-state index in [2.05, 4.69) is 15.5 Å². The maximum Gasteiger partial charge on any atom is 0.253 e. The molecule has 0 radical (unpaired) electrons. The molecule has 2 aromatic carbocycles. The number of amides is 3. The molecule has 1 unspecified atom stereocenters. The van der Waals surface area contributed by atoms with Crippen LogP contribution in [0.5, 0.6) is 0 Å². The Morgan fingerprint density at radius 3 is 2.53 bits per heavy atom. The maximum absolute atomic E-state index is 12.7. The summed E-state index contributed by atoms with van der Waals surface area (Å²) in [5.41, 5.74) is 4.59. The lowest BCUT2D eigenvalue weighted by Gasteiger charge is -2.17. The molecular weight excluding hydrogens is 404 g/mol. The molecule has 0 spiro atoms. The molecule has 1 aromatic heterocycles. The minimum Gasteiger partial charge on any atom is -0.342 e. The summed E-state index contributed by atoms with van der Waals surface area (Å²) in [4.78, 5) is 37.5. The zero-order valence-electron chi connectivity index (χ0n) is 18.0. The van der Waals surface area contributed by atoms with E-state index in [1.807, 2.05) is 48.5 Å². The molecule has 164 valence electrons. The molecule has 3 amide bonds. The van der Waals surface area contributed by atoms with Crippen molar-refractivity contribution in [3.8, 4) is 11.3 Å². The summed E-state index contributed by atoms with van der Waals surface area (Å²) >= 11 is 0. The monoisotopic (exact) mass is 430 g/mol. The molecule has 3 aromatic rings. The molecule has 4 rings (SSSR count). The number of aryl methyl sites for hydroxylation is 1. The van der Waals surface area contributed by atoms with E-state index in [1.165, 1.54) is 0 Å². The van der Waals surface area contributed by atoms with Crippen LogP contribution in [0.25, 0.3) is 11.3 Å². The number of nitrogens with one attached hydrogen (secondary N) is 2. The number of hydrogen-bond acceptors (Lipinski definition) is 4. The molecule has 1 atom stereocenters. The largest absolute Gasteiger partial charge is 0.342 e. The van der Waals surface area contributed by atoms with E-state index in [1.54, 1.807) is 24.1 Å². The van der Waals surface area contributed by atoms with E-state index in [-0.39, 0.29) is 30.1 Å². The molecule has 32 heavy (non-hydrogen) atoms. The van der Waals surface area contributed by atoms with E-state index in [0.29, 0.717) is 18.5 Å². The summed E-state index contributed by atoms with van der Waals surface area (Å²) in [7, 11) is 1.80. The van der Waals surface area contributed by atoms with Crippen molar-refractivity contribution in [1.29, 1.82) is 0 Å². The zero-order valence-corrected chi connectivity index (χ0v) is 18.0. The highest BCUT2D eigenvalue weighted by Crippen LogP contribution is 2.19. The number of H-pyrrole nitrogens is 1. The van der Waals surface area contributed by atoms with Crippen molar-refractivity contribution in [3.63, 3.8) is 0 Å². The third-order valence-electron chi connectivity index (χ3n) is 5.73. The fraction of sp³-hybridized carbons (Fsp3) is 0.280. The van der Waals surface area contributed by atoms with Crippen LogP contribution in [0.15, 0.2) is 60.7 Å². The Bertz CT molecular complexity index is 1110. The Hall–Kier alpha value is -3.74. The van der Waals surface area contributed by atoms with Crippen molar-refractivity contribution in [2.45, 2.75) is 25.7 Å². The van der Waals surface area contributed by atoms with Crippen LogP contribution in [0, 0.1) is 5.92 Å². The van der Waals surface area contributed by atoms with Gasteiger partial charge in [-0.2, -0.15) is 5.10 Å². The normalized spacial score (nSPS) is 15.6. The standard InChI is InChI=1S/C25H26N4O3/c1-29(13-5-8-21-16-22(28-27-21)18-6-3-2-4-7-18)25(32)19-11-9-17(10-12-19)14-20-15-23(30)26-24(20)31/h2-4,6-7,9-12,16,20H,5,8,13-15H2,1H3,(H,27,28)(H,26,30,31). The second-order valence-electron chi connectivity index (χ2n) is 8.19. The van der Waals surface area contributed by atoms with Gasteiger partial charge in [-0.1, -0.05) is 42.5 Å². The quantitative estimate of drug-likeness (QED) is 0.537. The second kappa shape index (κ2) is 9.60. The van der Waals surface area contributed by atoms with Gasteiger partial charge in [-0.15, -0.1) is 0 Å². The molecule has 1 aliphatic rings. The Balaban J connectivity index is 1.26. The van der Waals surface area contributed by atoms with Crippen LogP contribution in [0.2, 0.25) is 0 Å². The molecule has 7 nitrogen and oxygen atoms in total. The first kappa shape index (κ1) is 21.5. The summed E-state index contributed by atoms with van der Waals surface area (Å²) in [6.45, 7) is 0.630. The third kappa shape index (κ3) is 5.11. The fourth-order valence-corrected chi connectivity index (χ4v) is 3.91. The van der Waals surface area contributed by atoms with Crippen LogP contribution >= 0.6 is 0 Å². The first-order valence-corrected chi connectivity index (χ1v) is 10.8. The number of aromatic nitrogens is 2. The molecule has 0 saturated carbocycles. The average Bonchev–Trinajstić information content (AvgIpc) is 3.40. The number of carbonyl (C=O) groups excluding carboxylic acids is 3. The van der Waals surface area contributed by atoms with Gasteiger partial charge in [0.05, 0.1) is 11.6 Å². The van der Waals surface area contributed by atoms with Crippen LogP contribution < -0.4 is 5.32 Å². The van der Waals surface area contributed by atoms with Gasteiger partial charge in [-0.25, -0.2) is 0 Å². The number of aromatic amines is 1. The molecule has 1 saturated heterocycles. The molecule has 2 N–H and O–H groups in total. The average molecular weight is 431 g/mol. The summed E-state index contributed by atoms with van der Waals surface area (Å²) in [6, 6.07) is 19.3. The summed E-state index contributed by atoms with van der Waals surface area (Å²) in [5, 5.41) is 9.78. The van der Waals surface area contributed by atoms with Crippen LogP contribution in [-0.4, -0.2) is 46.4 Å². The van der Waals surface area contributed by atoms with Crippen molar-refractivity contribution >= 4 is 17.7 Å². The third-order valence-corrected chi connectivity index (χ3v) is 5.73. The van der Waals surface area contributed by atoms with Gasteiger partial charge in [-0.05, 0) is 43.0 Å². The lowest BCUT2D eigenvalue weighted by atomic mass is 9.97. The van der Waals surface area contributed by atoms with Crippen molar-refractivity contribution in [1.82, 2.24) is 20.4 Å². The summed E-state index contributed by atoms with van der Waals surface area (Å²) in [5.74, 6) is -0.806. The molecule has 2 heterocycles. The topological polar surface area (TPSA) is 95.2 Å². The van der Waals surface area contributed by atoms with E-state index in [0.717, 1.165) is 35.4 Å². The minimum absolute atomic E-state index is 0.0417. The fourth-order valence-electron chi connectivity index (χ4n) is 3.91. The van der Waals surface area contributed by atoms with Crippen molar-refractivity contribution in [3.05, 3.63) is 77.5 Å². The van der Waals surface area contributed by atoms with Gasteiger partial charge in [0, 0.05) is 36.8 Å². The number of rotatable bonds is 8. The van der Waals surface area contributed by atoms with Gasteiger partial charge in [0.2, 0.25) is 11.8 Å².